The minimum atomic E-state index is -1.32. The molecule has 0 spiro atoms. The fourth-order valence-electron chi connectivity index (χ4n) is 1.67. The lowest BCUT2D eigenvalue weighted by Crippen LogP contribution is -2.09. The van der Waals surface area contributed by atoms with Gasteiger partial charge >= 0.3 is 0 Å². The number of halogens is 4. The van der Waals surface area contributed by atoms with E-state index >= 15 is 0 Å². The molecule has 5 heteroatoms. The molecule has 0 saturated carbocycles. The van der Waals surface area contributed by atoms with Crippen molar-refractivity contribution in [3.63, 3.8) is 0 Å². The van der Waals surface area contributed by atoms with Gasteiger partial charge < -0.3 is 0 Å². The van der Waals surface area contributed by atoms with Gasteiger partial charge in [-0.3, -0.25) is 4.79 Å². The standard InChI is InChI=1S/C14H8BrF3O/c15-10-4-2-1-3-8(10)13(19)7-9-11(16)5-6-12(17)14(9)18/h1-6H,7H2. The van der Waals surface area contributed by atoms with Gasteiger partial charge in [-0.25, -0.2) is 13.2 Å². The summed E-state index contributed by atoms with van der Waals surface area (Å²) in [7, 11) is 0. The Bertz CT molecular complexity index is 641. The van der Waals surface area contributed by atoms with E-state index < -0.39 is 35.2 Å². The van der Waals surface area contributed by atoms with E-state index in [1.165, 1.54) is 6.07 Å². The highest BCUT2D eigenvalue weighted by Crippen LogP contribution is 2.21. The van der Waals surface area contributed by atoms with Crippen LogP contribution in [0.5, 0.6) is 0 Å². The molecule has 2 aromatic rings. The van der Waals surface area contributed by atoms with Gasteiger partial charge in [0.15, 0.2) is 17.4 Å². The number of Topliss-reactive ketones (excluding diaryl/α,β-unsaturated/α-hetero) is 1. The molecule has 0 amide bonds. The molecule has 98 valence electrons. The van der Waals surface area contributed by atoms with Crippen molar-refractivity contribution in [3.05, 3.63) is 69.4 Å². The molecule has 19 heavy (non-hydrogen) atoms. The number of carbonyl (C=O) groups excluding carboxylic acids is 1. The van der Waals surface area contributed by atoms with Crippen molar-refractivity contribution in [1.29, 1.82) is 0 Å². The smallest absolute Gasteiger partial charge is 0.168 e. The van der Waals surface area contributed by atoms with Crippen molar-refractivity contribution in [2.75, 3.05) is 0 Å². The monoisotopic (exact) mass is 328 g/mol. The quantitative estimate of drug-likeness (QED) is 0.606. The van der Waals surface area contributed by atoms with Crippen molar-refractivity contribution in [2.24, 2.45) is 0 Å². The Hall–Kier alpha value is -1.62. The van der Waals surface area contributed by atoms with Gasteiger partial charge in [0.1, 0.15) is 5.82 Å². The number of hydrogen-bond donors (Lipinski definition) is 0. The summed E-state index contributed by atoms with van der Waals surface area (Å²) >= 11 is 3.18. The summed E-state index contributed by atoms with van der Waals surface area (Å²) in [5, 5.41) is 0. The molecular formula is C14H8BrF3O. The summed E-state index contributed by atoms with van der Waals surface area (Å²) in [5.41, 5.74) is -0.258. The van der Waals surface area contributed by atoms with Crippen LogP contribution in [0.3, 0.4) is 0 Å². The highest BCUT2D eigenvalue weighted by Gasteiger charge is 2.18. The lowest BCUT2D eigenvalue weighted by Gasteiger charge is -2.06. The third kappa shape index (κ3) is 2.87. The highest BCUT2D eigenvalue weighted by molar-refractivity contribution is 9.10. The van der Waals surface area contributed by atoms with Crippen LogP contribution in [0.15, 0.2) is 40.9 Å². The van der Waals surface area contributed by atoms with E-state index in [1.807, 2.05) is 0 Å². The maximum absolute atomic E-state index is 13.5. The second kappa shape index (κ2) is 5.57. The van der Waals surface area contributed by atoms with Crippen LogP contribution in [0.25, 0.3) is 0 Å². The van der Waals surface area contributed by atoms with Crippen molar-refractivity contribution < 1.29 is 18.0 Å². The molecule has 0 N–H and O–H groups in total. The van der Waals surface area contributed by atoms with E-state index in [0.29, 0.717) is 16.1 Å². The van der Waals surface area contributed by atoms with Crippen molar-refractivity contribution in [3.8, 4) is 0 Å². The summed E-state index contributed by atoms with van der Waals surface area (Å²) in [4.78, 5) is 12.0. The molecule has 0 saturated heterocycles. The van der Waals surface area contributed by atoms with Crippen LogP contribution in [0.2, 0.25) is 0 Å². The van der Waals surface area contributed by atoms with Crippen LogP contribution in [-0.4, -0.2) is 5.78 Å². The number of carbonyl (C=O) groups is 1. The molecule has 0 aliphatic carbocycles. The minimum Gasteiger partial charge on any atom is -0.294 e. The van der Waals surface area contributed by atoms with Gasteiger partial charge in [-0.05, 0) is 18.2 Å². The third-order valence-electron chi connectivity index (χ3n) is 2.65. The van der Waals surface area contributed by atoms with Crippen LogP contribution in [-0.2, 0) is 6.42 Å². The zero-order chi connectivity index (χ0) is 14.0. The maximum Gasteiger partial charge on any atom is 0.168 e. The first-order valence-electron chi connectivity index (χ1n) is 5.41. The van der Waals surface area contributed by atoms with Crippen molar-refractivity contribution in [2.45, 2.75) is 6.42 Å². The minimum absolute atomic E-state index is 0.297. The van der Waals surface area contributed by atoms with Crippen LogP contribution >= 0.6 is 15.9 Å². The Labute approximate surface area is 116 Å². The molecule has 0 heterocycles. The van der Waals surface area contributed by atoms with Gasteiger partial charge in [0.25, 0.3) is 0 Å². The predicted octanol–water partition coefficient (Wildman–Crippen LogP) is 4.29. The number of hydrogen-bond acceptors (Lipinski definition) is 1. The lowest BCUT2D eigenvalue weighted by molar-refractivity contribution is 0.0989. The number of rotatable bonds is 3. The topological polar surface area (TPSA) is 17.1 Å². The van der Waals surface area contributed by atoms with E-state index in [2.05, 4.69) is 15.9 Å². The first kappa shape index (κ1) is 13.8. The first-order chi connectivity index (χ1) is 9.00. The Morgan fingerprint density at radius 3 is 2.32 bits per heavy atom. The fourth-order valence-corrected chi connectivity index (χ4v) is 2.18. The molecule has 2 aromatic carbocycles. The zero-order valence-corrected chi connectivity index (χ0v) is 11.2. The van der Waals surface area contributed by atoms with Gasteiger partial charge in [0, 0.05) is 22.0 Å². The van der Waals surface area contributed by atoms with E-state index in [1.54, 1.807) is 18.2 Å². The Kier molecular flexibility index (Phi) is 4.04. The van der Waals surface area contributed by atoms with Gasteiger partial charge in [-0.1, -0.05) is 34.1 Å². The SMILES string of the molecule is O=C(Cc1c(F)ccc(F)c1F)c1ccccc1Br. The van der Waals surface area contributed by atoms with E-state index in [0.717, 1.165) is 6.07 Å². The van der Waals surface area contributed by atoms with Crippen LogP contribution < -0.4 is 0 Å². The summed E-state index contributed by atoms with van der Waals surface area (Å²) in [6, 6.07) is 8.02. The van der Waals surface area contributed by atoms with Crippen LogP contribution in [0.1, 0.15) is 15.9 Å². The van der Waals surface area contributed by atoms with Gasteiger partial charge in [0.2, 0.25) is 0 Å². The van der Waals surface area contributed by atoms with E-state index in [9.17, 15) is 18.0 Å². The van der Waals surface area contributed by atoms with Gasteiger partial charge in [0.05, 0.1) is 0 Å². The van der Waals surface area contributed by atoms with Gasteiger partial charge in [-0.2, -0.15) is 0 Å². The number of benzene rings is 2. The van der Waals surface area contributed by atoms with E-state index in [4.69, 9.17) is 0 Å². The normalized spacial score (nSPS) is 10.5. The van der Waals surface area contributed by atoms with Crippen molar-refractivity contribution >= 4 is 21.7 Å². The second-order valence-electron chi connectivity index (χ2n) is 3.90. The molecule has 0 fully saturated rings. The van der Waals surface area contributed by atoms with Gasteiger partial charge in [-0.15, -0.1) is 0 Å². The Morgan fingerprint density at radius 1 is 1.00 bits per heavy atom. The molecule has 0 bridgehead atoms. The summed E-state index contributed by atoms with van der Waals surface area (Å²) < 4.78 is 40.5. The molecular weight excluding hydrogens is 321 g/mol. The van der Waals surface area contributed by atoms with Crippen LogP contribution in [0.4, 0.5) is 13.2 Å². The average molecular weight is 329 g/mol. The molecule has 0 aliphatic heterocycles. The molecule has 0 atom stereocenters. The summed E-state index contributed by atoms with van der Waals surface area (Å²) in [6.45, 7) is 0. The lowest BCUT2D eigenvalue weighted by atomic mass is 10.0. The van der Waals surface area contributed by atoms with Crippen LogP contribution in [0, 0.1) is 17.5 Å². The molecule has 0 aliphatic rings. The number of ketones is 1. The maximum atomic E-state index is 13.5. The molecule has 2 rings (SSSR count). The summed E-state index contributed by atoms with van der Waals surface area (Å²) in [6.07, 6.45) is -0.530. The Morgan fingerprint density at radius 2 is 1.63 bits per heavy atom. The molecule has 0 radical (unpaired) electrons. The fraction of sp³-hybridized carbons (Fsp3) is 0.0714. The first-order valence-corrected chi connectivity index (χ1v) is 6.20. The zero-order valence-electron chi connectivity index (χ0n) is 9.59. The molecule has 0 unspecified atom stereocenters. The van der Waals surface area contributed by atoms with Crippen molar-refractivity contribution in [1.82, 2.24) is 0 Å². The third-order valence-corrected chi connectivity index (χ3v) is 3.34. The Balaban J connectivity index is 2.35. The largest absolute Gasteiger partial charge is 0.294 e. The molecule has 1 nitrogen and oxygen atoms in total. The predicted molar refractivity (Wildman–Crippen MR) is 68.5 cm³/mol. The highest BCUT2D eigenvalue weighted by atomic mass is 79.9. The van der Waals surface area contributed by atoms with E-state index in [-0.39, 0.29) is 0 Å². The second-order valence-corrected chi connectivity index (χ2v) is 4.76. The average Bonchev–Trinajstić information content (AvgIpc) is 2.39. The molecule has 0 aromatic heterocycles. The summed E-state index contributed by atoms with van der Waals surface area (Å²) in [5.74, 6) is -3.91.